The Labute approximate surface area is 127 Å². The summed E-state index contributed by atoms with van der Waals surface area (Å²) in [6.45, 7) is 1.10. The minimum absolute atomic E-state index is 0.531. The smallest absolute Gasteiger partial charge is 0.409 e. The molecule has 0 spiro atoms. The van der Waals surface area contributed by atoms with Gasteiger partial charge in [0, 0.05) is 6.42 Å². The molecule has 4 nitrogen and oxygen atoms in total. The molecule has 0 heterocycles. The van der Waals surface area contributed by atoms with Crippen LogP contribution in [0.25, 0.3) is 0 Å². The van der Waals surface area contributed by atoms with Crippen molar-refractivity contribution in [3.05, 3.63) is 29.8 Å². The van der Waals surface area contributed by atoms with Crippen molar-refractivity contribution in [1.29, 1.82) is 0 Å². The third kappa shape index (κ3) is 4.74. The van der Waals surface area contributed by atoms with Gasteiger partial charge in [-0.25, -0.2) is 4.79 Å². The van der Waals surface area contributed by atoms with E-state index in [1.165, 1.54) is 37.7 Å². The fourth-order valence-corrected chi connectivity index (χ4v) is 3.26. The molecule has 0 radical (unpaired) electrons. The number of carbonyl (C=O) groups is 1. The van der Waals surface area contributed by atoms with E-state index >= 15 is 0 Å². The van der Waals surface area contributed by atoms with Crippen LogP contribution in [0.1, 0.15) is 37.7 Å². The van der Waals surface area contributed by atoms with E-state index in [9.17, 15) is 4.79 Å². The average molecular weight is 291 g/mol. The number of likely N-dealkylation sites (N-methyl/N-ethyl adjacent to an activating group) is 1. The predicted octanol–water partition coefficient (Wildman–Crippen LogP) is 3.10. The Balaban J connectivity index is 1.93. The number of hydrogen-bond donors (Lipinski definition) is 1. The molecule has 0 unspecified atom stereocenters. The van der Waals surface area contributed by atoms with E-state index in [2.05, 4.69) is 20.2 Å². The first-order valence-electron chi connectivity index (χ1n) is 7.86. The molecule has 1 aromatic carbocycles. The van der Waals surface area contributed by atoms with Gasteiger partial charge in [0.05, 0.1) is 26.7 Å². The van der Waals surface area contributed by atoms with Crippen LogP contribution in [-0.2, 0) is 6.42 Å². The van der Waals surface area contributed by atoms with Gasteiger partial charge in [0.1, 0.15) is 5.75 Å². The first-order valence-corrected chi connectivity index (χ1v) is 7.86. The molecule has 1 amide bonds. The van der Waals surface area contributed by atoms with E-state index in [1.807, 2.05) is 12.1 Å². The highest BCUT2D eigenvalue weighted by atomic mass is 16.5. The predicted molar refractivity (Wildman–Crippen MR) is 84.2 cm³/mol. The van der Waals surface area contributed by atoms with Gasteiger partial charge in [-0.3, -0.25) is 0 Å². The molecule has 1 fully saturated rings. The Morgan fingerprint density at radius 1 is 1.29 bits per heavy atom. The van der Waals surface area contributed by atoms with E-state index in [0.717, 1.165) is 23.5 Å². The molecule has 0 bridgehead atoms. The summed E-state index contributed by atoms with van der Waals surface area (Å²) in [5.41, 5.74) is 6.24. The lowest BCUT2D eigenvalue weighted by atomic mass is 9.92. The van der Waals surface area contributed by atoms with Gasteiger partial charge in [-0.15, -0.1) is 0 Å². The lowest BCUT2D eigenvalue weighted by Crippen LogP contribution is -2.50. The maximum absolute atomic E-state index is 10.8. The molecule has 21 heavy (non-hydrogen) atoms. The van der Waals surface area contributed by atoms with E-state index in [-0.39, 0.29) is 0 Å². The lowest BCUT2D eigenvalue weighted by Gasteiger charge is -2.40. The highest BCUT2D eigenvalue weighted by Crippen LogP contribution is 2.26. The maximum atomic E-state index is 10.8. The van der Waals surface area contributed by atoms with Crippen molar-refractivity contribution in [3.8, 4) is 5.75 Å². The Morgan fingerprint density at radius 2 is 2.00 bits per heavy atom. The lowest BCUT2D eigenvalue weighted by molar-refractivity contribution is -0.916. The van der Waals surface area contributed by atoms with Crippen molar-refractivity contribution in [3.63, 3.8) is 0 Å². The SMILES string of the molecule is C[N+](C)(CCc1cccc(OC(N)=O)c1)C1CCCCC1. The van der Waals surface area contributed by atoms with Crippen molar-refractivity contribution in [2.45, 2.75) is 44.6 Å². The second-order valence-electron chi connectivity index (χ2n) is 6.61. The van der Waals surface area contributed by atoms with Gasteiger partial charge < -0.3 is 15.0 Å². The van der Waals surface area contributed by atoms with Gasteiger partial charge in [-0.1, -0.05) is 18.6 Å². The van der Waals surface area contributed by atoms with Crippen LogP contribution in [0.2, 0.25) is 0 Å². The van der Waals surface area contributed by atoms with Crippen LogP contribution in [0.3, 0.4) is 0 Å². The molecule has 0 aromatic heterocycles. The van der Waals surface area contributed by atoms with Crippen LogP contribution in [-0.4, -0.2) is 37.3 Å². The summed E-state index contributed by atoms with van der Waals surface area (Å²) in [4.78, 5) is 10.8. The molecular weight excluding hydrogens is 264 g/mol. The largest absolute Gasteiger partial charge is 0.410 e. The van der Waals surface area contributed by atoms with Crippen LogP contribution >= 0.6 is 0 Å². The van der Waals surface area contributed by atoms with Crippen LogP contribution in [0.5, 0.6) is 5.75 Å². The van der Waals surface area contributed by atoms with Gasteiger partial charge in [-0.05, 0) is 43.4 Å². The quantitative estimate of drug-likeness (QED) is 0.848. The Kier molecular flexibility index (Phi) is 5.23. The molecule has 0 aliphatic heterocycles. The summed E-state index contributed by atoms with van der Waals surface area (Å²) in [7, 11) is 4.67. The topological polar surface area (TPSA) is 52.3 Å². The van der Waals surface area contributed by atoms with Gasteiger partial charge >= 0.3 is 6.09 Å². The molecule has 1 aliphatic carbocycles. The van der Waals surface area contributed by atoms with Gasteiger partial charge in [0.15, 0.2) is 0 Å². The summed E-state index contributed by atoms with van der Waals surface area (Å²) in [6, 6.07) is 8.44. The van der Waals surface area contributed by atoms with E-state index < -0.39 is 6.09 Å². The van der Waals surface area contributed by atoms with Crippen molar-refractivity contribution in [2.75, 3.05) is 20.6 Å². The van der Waals surface area contributed by atoms with Crippen LogP contribution in [0, 0.1) is 0 Å². The summed E-state index contributed by atoms with van der Waals surface area (Å²) in [5, 5.41) is 0. The first kappa shape index (κ1) is 15.8. The number of nitrogens with zero attached hydrogens (tertiary/aromatic N) is 1. The molecule has 0 saturated heterocycles. The zero-order chi connectivity index (χ0) is 15.3. The molecular formula is C17H27N2O2+. The number of benzene rings is 1. The zero-order valence-electron chi connectivity index (χ0n) is 13.2. The molecule has 0 atom stereocenters. The number of ether oxygens (including phenoxy) is 1. The third-order valence-corrected chi connectivity index (χ3v) is 4.66. The molecule has 1 aliphatic rings. The highest BCUT2D eigenvalue weighted by molar-refractivity contribution is 5.68. The summed E-state index contributed by atoms with van der Waals surface area (Å²) in [6.07, 6.45) is 7.05. The first-order chi connectivity index (χ1) is 9.97. The molecule has 4 heteroatoms. The minimum atomic E-state index is -0.759. The fourth-order valence-electron chi connectivity index (χ4n) is 3.26. The second kappa shape index (κ2) is 6.94. The highest BCUT2D eigenvalue weighted by Gasteiger charge is 2.29. The number of amides is 1. The summed E-state index contributed by atoms with van der Waals surface area (Å²) in [5.74, 6) is 0.531. The van der Waals surface area contributed by atoms with E-state index in [0.29, 0.717) is 5.75 Å². The molecule has 116 valence electrons. The number of carbonyl (C=O) groups excluding carboxylic acids is 1. The Hall–Kier alpha value is -1.55. The van der Waals surface area contributed by atoms with Gasteiger partial charge in [0.25, 0.3) is 0 Å². The normalized spacial score (nSPS) is 16.7. The molecule has 2 N–H and O–H groups in total. The fraction of sp³-hybridized carbons (Fsp3) is 0.588. The Bertz CT molecular complexity index is 479. The number of hydrogen-bond acceptors (Lipinski definition) is 2. The van der Waals surface area contributed by atoms with Crippen LogP contribution in [0.4, 0.5) is 4.79 Å². The van der Waals surface area contributed by atoms with Crippen molar-refractivity contribution < 1.29 is 14.0 Å². The Morgan fingerprint density at radius 3 is 2.67 bits per heavy atom. The van der Waals surface area contributed by atoms with Crippen LogP contribution < -0.4 is 10.5 Å². The molecule has 1 saturated carbocycles. The number of quaternary nitrogens is 1. The molecule has 1 aromatic rings. The van der Waals surface area contributed by atoms with E-state index in [4.69, 9.17) is 10.5 Å². The van der Waals surface area contributed by atoms with Gasteiger partial charge in [0.2, 0.25) is 0 Å². The van der Waals surface area contributed by atoms with Gasteiger partial charge in [-0.2, -0.15) is 0 Å². The summed E-state index contributed by atoms with van der Waals surface area (Å²) >= 11 is 0. The minimum Gasteiger partial charge on any atom is -0.410 e. The zero-order valence-corrected chi connectivity index (χ0v) is 13.2. The standard InChI is InChI=1S/C17H26N2O2/c1-19(2,15-8-4-3-5-9-15)12-11-14-7-6-10-16(13-14)21-17(18)20/h6-7,10,13,15H,3-5,8-9,11-12H2,1-2H3,(H-,18,20)/p+1. The second-order valence-corrected chi connectivity index (χ2v) is 6.61. The van der Waals surface area contributed by atoms with Crippen molar-refractivity contribution >= 4 is 6.09 Å². The van der Waals surface area contributed by atoms with E-state index in [1.54, 1.807) is 6.07 Å². The third-order valence-electron chi connectivity index (χ3n) is 4.66. The number of primary amides is 1. The number of rotatable bonds is 5. The average Bonchev–Trinajstić information content (AvgIpc) is 2.46. The molecule has 2 rings (SSSR count). The van der Waals surface area contributed by atoms with Crippen LogP contribution in [0.15, 0.2) is 24.3 Å². The summed E-state index contributed by atoms with van der Waals surface area (Å²) < 4.78 is 6.01. The van der Waals surface area contributed by atoms with Crippen molar-refractivity contribution in [1.82, 2.24) is 0 Å². The van der Waals surface area contributed by atoms with Crippen molar-refractivity contribution in [2.24, 2.45) is 5.73 Å². The number of nitrogens with two attached hydrogens (primary N) is 1. The monoisotopic (exact) mass is 291 g/mol. The maximum Gasteiger partial charge on any atom is 0.409 e.